The van der Waals surface area contributed by atoms with Crippen LogP contribution in [0.2, 0.25) is 0 Å². The summed E-state index contributed by atoms with van der Waals surface area (Å²) in [6, 6.07) is 13.9. The number of rotatable bonds is 6. The zero-order valence-corrected chi connectivity index (χ0v) is 13.8. The molecule has 6 heteroatoms. The quantitative estimate of drug-likeness (QED) is 0.487. The number of carbonyl (C=O) groups is 1. The average molecular weight is 330 g/mol. The van der Waals surface area contributed by atoms with E-state index in [0.29, 0.717) is 0 Å². The number of nitro groups is 1. The largest absolute Gasteiger partial charge is 0.325 e. The van der Waals surface area contributed by atoms with Gasteiger partial charge in [0.1, 0.15) is 0 Å². The molecular formula is C17H18N2O3S. The number of para-hydroxylation sites is 1. The van der Waals surface area contributed by atoms with Gasteiger partial charge in [0.2, 0.25) is 5.91 Å². The van der Waals surface area contributed by atoms with Gasteiger partial charge < -0.3 is 5.32 Å². The molecule has 0 aliphatic carbocycles. The zero-order chi connectivity index (χ0) is 16.8. The van der Waals surface area contributed by atoms with Crippen molar-refractivity contribution in [3.05, 3.63) is 64.2 Å². The van der Waals surface area contributed by atoms with E-state index in [9.17, 15) is 14.9 Å². The molecule has 0 unspecified atom stereocenters. The van der Waals surface area contributed by atoms with Crippen LogP contribution in [-0.4, -0.2) is 16.1 Å². The van der Waals surface area contributed by atoms with E-state index in [1.807, 2.05) is 38.1 Å². The van der Waals surface area contributed by atoms with E-state index in [2.05, 4.69) is 5.32 Å². The number of non-ortho nitro benzene ring substituents is 1. The summed E-state index contributed by atoms with van der Waals surface area (Å²) in [7, 11) is 0. The fourth-order valence-electron chi connectivity index (χ4n) is 2.09. The number of nitro benzene ring substituents is 1. The molecule has 0 fully saturated rings. The molecule has 0 spiro atoms. The summed E-state index contributed by atoms with van der Waals surface area (Å²) in [5.41, 5.74) is 1.97. The lowest BCUT2D eigenvalue weighted by molar-refractivity contribution is -0.384. The number of anilines is 1. The Labute approximate surface area is 139 Å². The first-order valence-electron chi connectivity index (χ1n) is 7.31. The minimum absolute atomic E-state index is 0.0447. The van der Waals surface area contributed by atoms with E-state index in [1.54, 1.807) is 12.1 Å². The molecule has 1 amide bonds. The van der Waals surface area contributed by atoms with E-state index in [0.717, 1.165) is 22.6 Å². The Morgan fingerprint density at radius 1 is 1.22 bits per heavy atom. The minimum atomic E-state index is -0.438. The topological polar surface area (TPSA) is 72.2 Å². The molecule has 0 aliphatic rings. The van der Waals surface area contributed by atoms with E-state index in [-0.39, 0.29) is 16.8 Å². The Kier molecular flexibility index (Phi) is 5.76. The molecule has 2 rings (SSSR count). The molecule has 23 heavy (non-hydrogen) atoms. The molecular weight excluding hydrogens is 312 g/mol. The lowest BCUT2D eigenvalue weighted by atomic mass is 10.1. The first-order valence-corrected chi connectivity index (χ1v) is 8.19. The molecule has 0 saturated carbocycles. The van der Waals surface area contributed by atoms with E-state index < -0.39 is 4.92 Å². The summed E-state index contributed by atoms with van der Waals surface area (Å²) < 4.78 is 0. The van der Waals surface area contributed by atoms with Crippen LogP contribution in [0.25, 0.3) is 0 Å². The Morgan fingerprint density at radius 3 is 2.48 bits per heavy atom. The fourth-order valence-corrected chi connectivity index (χ4v) is 2.96. The van der Waals surface area contributed by atoms with Gasteiger partial charge >= 0.3 is 0 Å². The highest BCUT2D eigenvalue weighted by Crippen LogP contribution is 2.26. The van der Waals surface area contributed by atoms with Crippen LogP contribution >= 0.6 is 11.8 Å². The van der Waals surface area contributed by atoms with E-state index >= 15 is 0 Å². The lowest BCUT2D eigenvalue weighted by Crippen LogP contribution is -2.23. The second-order valence-electron chi connectivity index (χ2n) is 5.01. The van der Waals surface area contributed by atoms with Crippen molar-refractivity contribution >= 4 is 29.0 Å². The van der Waals surface area contributed by atoms with Crippen LogP contribution in [-0.2, 0) is 11.2 Å². The first-order chi connectivity index (χ1) is 11.0. The van der Waals surface area contributed by atoms with Crippen molar-refractivity contribution in [1.29, 1.82) is 0 Å². The Bertz CT molecular complexity index is 701. The van der Waals surface area contributed by atoms with Crippen molar-refractivity contribution in [1.82, 2.24) is 0 Å². The van der Waals surface area contributed by atoms with Gasteiger partial charge in [-0.05, 0) is 37.1 Å². The maximum atomic E-state index is 12.3. The van der Waals surface area contributed by atoms with Crippen LogP contribution in [0.4, 0.5) is 11.4 Å². The van der Waals surface area contributed by atoms with E-state index in [4.69, 9.17) is 0 Å². The molecule has 2 aromatic rings. The standard InChI is InChI=1S/C17H18N2O3S/c1-3-13-6-4-5-7-16(13)18-17(20)12(2)23-15-10-8-14(9-11-15)19(21)22/h4-12H,3H2,1-2H3,(H,18,20)/t12-/m0/s1. The predicted octanol–water partition coefficient (Wildman–Crippen LogP) is 4.28. The van der Waals surface area contributed by atoms with Crippen molar-refractivity contribution in [2.24, 2.45) is 0 Å². The first kappa shape index (κ1) is 17.0. The molecule has 2 aromatic carbocycles. The van der Waals surface area contributed by atoms with Gasteiger partial charge in [-0.15, -0.1) is 11.8 Å². The van der Waals surface area contributed by atoms with Gasteiger partial charge in [-0.1, -0.05) is 25.1 Å². The number of hydrogen-bond acceptors (Lipinski definition) is 4. The smallest absolute Gasteiger partial charge is 0.269 e. The van der Waals surface area contributed by atoms with Gasteiger partial charge in [0.05, 0.1) is 10.2 Å². The van der Waals surface area contributed by atoms with Gasteiger partial charge in [-0.3, -0.25) is 14.9 Å². The summed E-state index contributed by atoms with van der Waals surface area (Å²) in [4.78, 5) is 23.3. The number of nitrogens with zero attached hydrogens (tertiary/aromatic N) is 1. The van der Waals surface area contributed by atoms with E-state index in [1.165, 1.54) is 23.9 Å². The number of carbonyl (C=O) groups excluding carboxylic acids is 1. The third-order valence-corrected chi connectivity index (χ3v) is 4.50. The van der Waals surface area contributed by atoms with Crippen molar-refractivity contribution in [2.75, 3.05) is 5.32 Å². The highest BCUT2D eigenvalue weighted by atomic mass is 32.2. The maximum absolute atomic E-state index is 12.3. The molecule has 0 radical (unpaired) electrons. The predicted molar refractivity (Wildman–Crippen MR) is 92.9 cm³/mol. The second kappa shape index (κ2) is 7.78. The summed E-state index contributed by atoms with van der Waals surface area (Å²) in [6.45, 7) is 3.86. The molecule has 1 atom stereocenters. The van der Waals surface area contributed by atoms with Gasteiger partial charge in [-0.25, -0.2) is 0 Å². The summed E-state index contributed by atoms with van der Waals surface area (Å²) in [5, 5.41) is 13.3. The minimum Gasteiger partial charge on any atom is -0.325 e. The third-order valence-electron chi connectivity index (χ3n) is 3.39. The SMILES string of the molecule is CCc1ccccc1NC(=O)[C@H](C)Sc1ccc([N+](=O)[O-])cc1. The molecule has 1 N–H and O–H groups in total. The monoisotopic (exact) mass is 330 g/mol. The second-order valence-corrected chi connectivity index (χ2v) is 6.43. The Morgan fingerprint density at radius 2 is 1.87 bits per heavy atom. The fraction of sp³-hybridized carbons (Fsp3) is 0.235. The van der Waals surface area contributed by atoms with Crippen LogP contribution in [0.1, 0.15) is 19.4 Å². The molecule has 0 saturated heterocycles. The number of benzene rings is 2. The van der Waals surface area contributed by atoms with Crippen molar-refractivity contribution in [3.8, 4) is 0 Å². The number of aryl methyl sites for hydroxylation is 1. The summed E-state index contributed by atoms with van der Waals surface area (Å²) >= 11 is 1.37. The van der Waals surface area contributed by atoms with Crippen LogP contribution in [0.5, 0.6) is 0 Å². The number of hydrogen-bond donors (Lipinski definition) is 1. The molecule has 5 nitrogen and oxygen atoms in total. The summed E-state index contributed by atoms with van der Waals surface area (Å²) in [5.74, 6) is -0.0887. The maximum Gasteiger partial charge on any atom is 0.269 e. The molecule has 0 aliphatic heterocycles. The Balaban J connectivity index is 2.01. The molecule has 0 aromatic heterocycles. The Hall–Kier alpha value is -2.34. The number of thioether (sulfide) groups is 1. The lowest BCUT2D eigenvalue weighted by Gasteiger charge is -2.14. The van der Waals surface area contributed by atoms with Crippen molar-refractivity contribution in [3.63, 3.8) is 0 Å². The third kappa shape index (κ3) is 4.56. The van der Waals surface area contributed by atoms with Crippen molar-refractivity contribution in [2.45, 2.75) is 30.4 Å². The molecule has 120 valence electrons. The number of amides is 1. The zero-order valence-electron chi connectivity index (χ0n) is 13.0. The highest BCUT2D eigenvalue weighted by molar-refractivity contribution is 8.00. The van der Waals surface area contributed by atoms with Gasteiger partial charge in [-0.2, -0.15) is 0 Å². The van der Waals surface area contributed by atoms with Gasteiger partial charge in [0.25, 0.3) is 5.69 Å². The van der Waals surface area contributed by atoms with Crippen LogP contribution in [0, 0.1) is 10.1 Å². The summed E-state index contributed by atoms with van der Waals surface area (Å²) in [6.07, 6.45) is 0.848. The average Bonchev–Trinajstić information content (AvgIpc) is 2.55. The highest BCUT2D eigenvalue weighted by Gasteiger charge is 2.16. The number of nitrogens with one attached hydrogen (secondary N) is 1. The van der Waals surface area contributed by atoms with Crippen LogP contribution < -0.4 is 5.32 Å². The van der Waals surface area contributed by atoms with Crippen LogP contribution in [0.3, 0.4) is 0 Å². The van der Waals surface area contributed by atoms with Gasteiger partial charge in [0, 0.05) is 22.7 Å². The van der Waals surface area contributed by atoms with Crippen LogP contribution in [0.15, 0.2) is 53.4 Å². The molecule has 0 heterocycles. The van der Waals surface area contributed by atoms with Crippen molar-refractivity contribution < 1.29 is 9.72 Å². The van der Waals surface area contributed by atoms with Gasteiger partial charge in [0.15, 0.2) is 0 Å². The molecule has 0 bridgehead atoms. The normalized spacial score (nSPS) is 11.7.